The van der Waals surface area contributed by atoms with E-state index in [1.54, 1.807) is 0 Å². The Balaban J connectivity index is 3.15. The summed E-state index contributed by atoms with van der Waals surface area (Å²) >= 11 is 5.28. The van der Waals surface area contributed by atoms with Crippen molar-refractivity contribution in [3.8, 4) is 6.07 Å². The number of carbonyl (C=O) groups is 1. The molecule has 0 saturated carbocycles. The zero-order chi connectivity index (χ0) is 7.82. The molecule has 10 heavy (non-hydrogen) atoms. The summed E-state index contributed by atoms with van der Waals surface area (Å²) in [7, 11) is 0. The molecule has 0 aliphatic heterocycles. The van der Waals surface area contributed by atoms with Gasteiger partial charge in [0.05, 0.1) is 12.5 Å². The van der Waals surface area contributed by atoms with Gasteiger partial charge in [0.25, 0.3) is 0 Å². The van der Waals surface area contributed by atoms with E-state index in [1.807, 2.05) is 6.07 Å². The standard InChI is InChI=1S/C6H9ClN2O/c7-3-2-6(10)9-5-1-4-8/h1-3,5H2,(H,9,10). The predicted molar refractivity (Wildman–Crippen MR) is 38.6 cm³/mol. The molecule has 0 unspecified atom stereocenters. The summed E-state index contributed by atoms with van der Waals surface area (Å²) in [6.45, 7) is 0.423. The number of nitrogens with zero attached hydrogens (tertiary/aromatic N) is 1. The number of hydrogen-bond acceptors (Lipinski definition) is 2. The zero-order valence-electron chi connectivity index (χ0n) is 5.56. The third kappa shape index (κ3) is 5.39. The summed E-state index contributed by atoms with van der Waals surface area (Å²) in [5.74, 6) is 0.239. The lowest BCUT2D eigenvalue weighted by atomic mass is 10.4. The van der Waals surface area contributed by atoms with Crippen LogP contribution >= 0.6 is 11.6 Å². The molecular weight excluding hydrogens is 152 g/mol. The molecule has 4 heteroatoms. The number of carbonyl (C=O) groups excluding carboxylic acids is 1. The average molecular weight is 161 g/mol. The summed E-state index contributed by atoms with van der Waals surface area (Å²) in [6.07, 6.45) is 0.682. The SMILES string of the molecule is N#CCCNC(=O)CCCl. The second-order valence-electron chi connectivity index (χ2n) is 1.70. The van der Waals surface area contributed by atoms with Crippen LogP contribution in [0.2, 0.25) is 0 Å². The first kappa shape index (κ1) is 9.25. The van der Waals surface area contributed by atoms with Crippen LogP contribution in [0.3, 0.4) is 0 Å². The van der Waals surface area contributed by atoms with Gasteiger partial charge in [0.1, 0.15) is 0 Å². The van der Waals surface area contributed by atoms with Crippen LogP contribution in [0.4, 0.5) is 0 Å². The topological polar surface area (TPSA) is 52.9 Å². The fraction of sp³-hybridized carbons (Fsp3) is 0.667. The van der Waals surface area contributed by atoms with Crippen LogP contribution in [-0.4, -0.2) is 18.3 Å². The second kappa shape index (κ2) is 6.37. The van der Waals surface area contributed by atoms with Crippen molar-refractivity contribution in [1.82, 2.24) is 5.32 Å². The molecule has 0 atom stereocenters. The number of amides is 1. The molecule has 1 N–H and O–H groups in total. The van der Waals surface area contributed by atoms with Crippen LogP contribution in [-0.2, 0) is 4.79 Å². The minimum Gasteiger partial charge on any atom is -0.355 e. The summed E-state index contributed by atoms with van der Waals surface area (Å²) in [6, 6.07) is 1.92. The maximum absolute atomic E-state index is 10.6. The van der Waals surface area contributed by atoms with Gasteiger partial charge >= 0.3 is 0 Å². The highest BCUT2D eigenvalue weighted by molar-refractivity contribution is 6.18. The van der Waals surface area contributed by atoms with Crippen molar-refractivity contribution in [2.45, 2.75) is 12.8 Å². The van der Waals surface area contributed by atoms with E-state index in [-0.39, 0.29) is 5.91 Å². The van der Waals surface area contributed by atoms with Gasteiger partial charge in [0.15, 0.2) is 0 Å². The number of rotatable bonds is 4. The quantitative estimate of drug-likeness (QED) is 0.485. The van der Waals surface area contributed by atoms with Gasteiger partial charge in [-0.25, -0.2) is 0 Å². The highest BCUT2D eigenvalue weighted by Crippen LogP contribution is 1.83. The average Bonchev–Trinajstić information content (AvgIpc) is 1.89. The van der Waals surface area contributed by atoms with E-state index in [0.29, 0.717) is 25.3 Å². The van der Waals surface area contributed by atoms with Gasteiger partial charge in [0, 0.05) is 18.8 Å². The normalized spacial score (nSPS) is 8.40. The predicted octanol–water partition coefficient (Wildman–Crippen LogP) is 0.645. The monoisotopic (exact) mass is 160 g/mol. The molecule has 0 fully saturated rings. The van der Waals surface area contributed by atoms with Crippen molar-refractivity contribution < 1.29 is 4.79 Å². The Morgan fingerprint density at radius 1 is 1.70 bits per heavy atom. The molecule has 56 valence electrons. The van der Waals surface area contributed by atoms with Gasteiger partial charge in [-0.2, -0.15) is 5.26 Å². The molecule has 0 saturated heterocycles. The Labute approximate surface area is 65.0 Å². The van der Waals surface area contributed by atoms with Crippen LogP contribution in [0.15, 0.2) is 0 Å². The van der Waals surface area contributed by atoms with E-state index >= 15 is 0 Å². The Morgan fingerprint density at radius 3 is 2.90 bits per heavy atom. The van der Waals surface area contributed by atoms with Crippen LogP contribution in [0.5, 0.6) is 0 Å². The Hall–Kier alpha value is -0.750. The summed E-state index contributed by atoms with van der Waals surface area (Å²) < 4.78 is 0. The summed E-state index contributed by atoms with van der Waals surface area (Å²) in [5, 5.41) is 10.6. The van der Waals surface area contributed by atoms with Gasteiger partial charge < -0.3 is 5.32 Å². The fourth-order valence-corrected chi connectivity index (χ4v) is 0.604. The number of halogens is 1. The van der Waals surface area contributed by atoms with Crippen LogP contribution in [0.1, 0.15) is 12.8 Å². The highest BCUT2D eigenvalue weighted by atomic mass is 35.5. The van der Waals surface area contributed by atoms with Crippen molar-refractivity contribution in [2.24, 2.45) is 0 Å². The molecule has 0 radical (unpaired) electrons. The molecule has 0 aromatic carbocycles. The molecule has 0 aromatic heterocycles. The Kier molecular flexibility index (Phi) is 5.89. The number of alkyl halides is 1. The second-order valence-corrected chi connectivity index (χ2v) is 2.08. The molecule has 3 nitrogen and oxygen atoms in total. The molecule has 0 rings (SSSR count). The molecule has 1 amide bonds. The van der Waals surface area contributed by atoms with E-state index in [4.69, 9.17) is 16.9 Å². The van der Waals surface area contributed by atoms with Crippen LogP contribution in [0.25, 0.3) is 0 Å². The van der Waals surface area contributed by atoms with Gasteiger partial charge in [-0.15, -0.1) is 11.6 Å². The summed E-state index contributed by atoms with van der Waals surface area (Å²) in [4.78, 5) is 10.6. The number of hydrogen-bond donors (Lipinski definition) is 1. The van der Waals surface area contributed by atoms with Crippen LogP contribution < -0.4 is 5.32 Å². The first-order chi connectivity index (χ1) is 4.81. The van der Waals surface area contributed by atoms with Gasteiger partial charge in [-0.3, -0.25) is 4.79 Å². The van der Waals surface area contributed by atoms with Gasteiger partial charge in [-0.05, 0) is 0 Å². The van der Waals surface area contributed by atoms with Crippen molar-refractivity contribution >= 4 is 17.5 Å². The van der Waals surface area contributed by atoms with Crippen LogP contribution in [0, 0.1) is 11.3 Å². The first-order valence-electron chi connectivity index (χ1n) is 3.01. The molecular formula is C6H9ClN2O. The van der Waals surface area contributed by atoms with E-state index < -0.39 is 0 Å². The van der Waals surface area contributed by atoms with Gasteiger partial charge in [0.2, 0.25) is 5.91 Å². The van der Waals surface area contributed by atoms with E-state index in [1.165, 1.54) is 0 Å². The lowest BCUT2D eigenvalue weighted by Crippen LogP contribution is -2.24. The van der Waals surface area contributed by atoms with E-state index in [9.17, 15) is 4.79 Å². The van der Waals surface area contributed by atoms with Crippen molar-refractivity contribution in [1.29, 1.82) is 5.26 Å². The minimum absolute atomic E-state index is 0.0924. The van der Waals surface area contributed by atoms with Crippen molar-refractivity contribution in [3.05, 3.63) is 0 Å². The fourth-order valence-electron chi connectivity index (χ4n) is 0.432. The lowest BCUT2D eigenvalue weighted by Gasteiger charge is -1.97. The third-order valence-corrected chi connectivity index (χ3v) is 1.07. The molecule has 0 aromatic rings. The van der Waals surface area contributed by atoms with Crippen molar-refractivity contribution in [3.63, 3.8) is 0 Å². The van der Waals surface area contributed by atoms with E-state index in [2.05, 4.69) is 5.32 Å². The molecule has 0 bridgehead atoms. The van der Waals surface area contributed by atoms with Crippen molar-refractivity contribution in [2.75, 3.05) is 12.4 Å². The minimum atomic E-state index is -0.0924. The Bertz CT molecular complexity index is 141. The first-order valence-corrected chi connectivity index (χ1v) is 3.54. The third-order valence-electron chi connectivity index (χ3n) is 0.881. The highest BCUT2D eigenvalue weighted by Gasteiger charge is 1.96. The largest absolute Gasteiger partial charge is 0.355 e. The van der Waals surface area contributed by atoms with E-state index in [0.717, 1.165) is 0 Å². The molecule has 0 aliphatic carbocycles. The molecule has 0 spiro atoms. The number of nitriles is 1. The molecule has 0 heterocycles. The Morgan fingerprint density at radius 2 is 2.40 bits per heavy atom. The van der Waals surface area contributed by atoms with Gasteiger partial charge in [-0.1, -0.05) is 0 Å². The maximum atomic E-state index is 10.6. The molecule has 0 aliphatic rings. The lowest BCUT2D eigenvalue weighted by molar-refractivity contribution is -0.120. The summed E-state index contributed by atoms with van der Waals surface area (Å²) in [5.41, 5.74) is 0. The number of nitrogens with one attached hydrogen (secondary N) is 1. The zero-order valence-corrected chi connectivity index (χ0v) is 6.32. The maximum Gasteiger partial charge on any atom is 0.221 e. The smallest absolute Gasteiger partial charge is 0.221 e.